The molecule has 0 fully saturated rings. The van der Waals surface area contributed by atoms with Gasteiger partial charge in [0.15, 0.2) is 12.4 Å². The summed E-state index contributed by atoms with van der Waals surface area (Å²) in [4.78, 5) is 53.9. The molecular weight excluding hydrogens is 584 g/mol. The van der Waals surface area contributed by atoms with Crippen molar-refractivity contribution in [3.05, 3.63) is 58.5 Å². The number of aliphatic hydroxyl groups is 1. The summed E-state index contributed by atoms with van der Waals surface area (Å²) in [6, 6.07) is 0. The van der Waals surface area contributed by atoms with Crippen LogP contribution in [0.15, 0.2) is 58.5 Å². The smallest absolute Gasteiger partial charge is 0.405 e. The Morgan fingerprint density at radius 2 is 1.91 bits per heavy atom. The van der Waals surface area contributed by atoms with Gasteiger partial charge in [-0.25, -0.2) is 4.79 Å². The summed E-state index contributed by atoms with van der Waals surface area (Å²) >= 11 is 0. The normalized spacial score (nSPS) is 32.0. The van der Waals surface area contributed by atoms with Crippen LogP contribution in [-0.4, -0.2) is 106 Å². The summed E-state index contributed by atoms with van der Waals surface area (Å²) in [5.41, 5.74) is 6.20. The first-order valence-corrected chi connectivity index (χ1v) is 14.9. The van der Waals surface area contributed by atoms with Gasteiger partial charge >= 0.3 is 6.09 Å². The van der Waals surface area contributed by atoms with E-state index in [1.54, 1.807) is 6.08 Å². The number of fused-ring (bicyclic) bond motifs is 10. The molecule has 2 amide bonds. The van der Waals surface area contributed by atoms with Crippen LogP contribution in [0, 0.1) is 11.8 Å². The first kappa shape index (κ1) is 35.9. The molecule has 0 aromatic rings. The maximum atomic E-state index is 13.8. The third-order valence-corrected chi connectivity index (χ3v) is 8.00. The molecule has 3 heterocycles. The highest BCUT2D eigenvalue weighted by atomic mass is 16.6. The lowest BCUT2D eigenvalue weighted by atomic mass is 9.84. The minimum atomic E-state index is -1.47. The van der Waals surface area contributed by atoms with Crippen LogP contribution in [0.2, 0.25) is 0 Å². The SMILES string of the molecule is CO[C@H]1/C=C\C=C(/C)C(=O)NC2=CC(=O)C(NCCN(C)C)=C(C[C@@H](C)C[C@H](OC)[C@H]3OC(O)C(=CC3C)[C@@H]1OC(N)=O)C2=O. The molecule has 0 aromatic heterocycles. The molecule has 0 radical (unpaired) electrons. The van der Waals surface area contributed by atoms with Gasteiger partial charge in [0.05, 0.1) is 23.6 Å². The van der Waals surface area contributed by atoms with E-state index in [4.69, 9.17) is 24.7 Å². The van der Waals surface area contributed by atoms with Crippen molar-refractivity contribution in [3.8, 4) is 0 Å². The molecule has 1 aliphatic carbocycles. The monoisotopic (exact) mass is 630 g/mol. The quantitative estimate of drug-likeness (QED) is 0.235. The second-order valence-electron chi connectivity index (χ2n) is 11.9. The number of amides is 2. The van der Waals surface area contributed by atoms with E-state index in [1.165, 1.54) is 39.4 Å². The Balaban J connectivity index is 2.09. The van der Waals surface area contributed by atoms with E-state index in [2.05, 4.69) is 10.6 Å². The molecule has 45 heavy (non-hydrogen) atoms. The predicted octanol–water partition coefficient (Wildman–Crippen LogP) is 1.25. The third-order valence-electron chi connectivity index (χ3n) is 8.00. The average Bonchev–Trinajstić information content (AvgIpc) is 2.97. The summed E-state index contributed by atoms with van der Waals surface area (Å²) in [6.07, 6.45) is 2.34. The molecule has 5 N–H and O–H groups in total. The van der Waals surface area contributed by atoms with Crippen molar-refractivity contribution < 1.29 is 43.2 Å². The predicted molar refractivity (Wildman–Crippen MR) is 165 cm³/mol. The average molecular weight is 631 g/mol. The summed E-state index contributed by atoms with van der Waals surface area (Å²) in [7, 11) is 6.74. The number of allylic oxidation sites excluding steroid dienone is 4. The fourth-order valence-electron chi connectivity index (χ4n) is 5.62. The minimum absolute atomic E-state index is 0.113. The maximum absolute atomic E-state index is 13.8. The number of ether oxygens (including phenoxy) is 4. The molecule has 7 atom stereocenters. The van der Waals surface area contributed by atoms with Crippen LogP contribution in [-0.2, 0) is 33.3 Å². The highest BCUT2D eigenvalue weighted by Gasteiger charge is 2.41. The van der Waals surface area contributed by atoms with Crippen LogP contribution in [0.25, 0.3) is 0 Å². The highest BCUT2D eigenvalue weighted by Crippen LogP contribution is 2.34. The first-order chi connectivity index (χ1) is 21.3. The second kappa shape index (κ2) is 16.1. The summed E-state index contributed by atoms with van der Waals surface area (Å²) in [5, 5.41) is 16.8. The van der Waals surface area contributed by atoms with E-state index >= 15 is 0 Å². The molecule has 0 aromatic carbocycles. The number of hydrogen-bond donors (Lipinski definition) is 4. The molecule has 0 spiro atoms. The molecule has 0 saturated heterocycles. The van der Waals surface area contributed by atoms with E-state index in [1.807, 2.05) is 32.8 Å². The van der Waals surface area contributed by atoms with E-state index in [0.29, 0.717) is 19.5 Å². The van der Waals surface area contributed by atoms with Crippen LogP contribution in [0.1, 0.15) is 33.6 Å². The third kappa shape index (κ3) is 9.21. The van der Waals surface area contributed by atoms with Gasteiger partial charge in [-0.05, 0) is 39.8 Å². The largest absolute Gasteiger partial charge is 0.439 e. The van der Waals surface area contributed by atoms with E-state index in [0.717, 1.165) is 6.08 Å². The zero-order chi connectivity index (χ0) is 33.4. The first-order valence-electron chi connectivity index (χ1n) is 14.9. The number of nitrogens with zero attached hydrogens (tertiary/aromatic N) is 1. The number of nitrogens with one attached hydrogen (secondary N) is 2. The zero-order valence-corrected chi connectivity index (χ0v) is 27.0. The molecule has 13 heteroatoms. The van der Waals surface area contributed by atoms with Crippen molar-refractivity contribution in [2.24, 2.45) is 17.6 Å². The maximum Gasteiger partial charge on any atom is 0.405 e. The molecule has 4 rings (SSSR count). The number of carbonyl (C=O) groups excluding carboxylic acids is 4. The summed E-state index contributed by atoms with van der Waals surface area (Å²) in [6.45, 7) is 6.42. The summed E-state index contributed by atoms with van der Waals surface area (Å²) in [5.74, 6) is -1.93. The fourth-order valence-corrected chi connectivity index (χ4v) is 5.62. The Morgan fingerprint density at radius 1 is 1.20 bits per heavy atom. The van der Waals surface area contributed by atoms with Gasteiger partial charge in [0.1, 0.15) is 6.10 Å². The lowest BCUT2D eigenvalue weighted by Gasteiger charge is -2.39. The van der Waals surface area contributed by atoms with Gasteiger partial charge in [0.25, 0.3) is 5.91 Å². The Bertz CT molecular complexity index is 1300. The minimum Gasteiger partial charge on any atom is -0.439 e. The van der Waals surface area contributed by atoms with Crippen molar-refractivity contribution >= 4 is 23.6 Å². The van der Waals surface area contributed by atoms with Crippen molar-refractivity contribution in [1.82, 2.24) is 15.5 Å². The Kier molecular flexibility index (Phi) is 12.8. The van der Waals surface area contributed by atoms with Crippen molar-refractivity contribution in [2.75, 3.05) is 41.4 Å². The number of primary amides is 1. The van der Waals surface area contributed by atoms with Gasteiger partial charge in [-0.2, -0.15) is 0 Å². The number of carbonyl (C=O) groups is 4. The highest BCUT2D eigenvalue weighted by molar-refractivity contribution is 6.23. The number of nitrogens with two attached hydrogens (primary N) is 1. The molecular formula is C32H46N4O9. The van der Waals surface area contributed by atoms with Gasteiger partial charge in [-0.1, -0.05) is 38.2 Å². The molecule has 0 saturated carbocycles. The van der Waals surface area contributed by atoms with Crippen LogP contribution in [0.4, 0.5) is 4.79 Å². The van der Waals surface area contributed by atoms with Gasteiger partial charge in [0, 0.05) is 56.0 Å². The molecule has 13 nitrogen and oxygen atoms in total. The van der Waals surface area contributed by atoms with Crippen LogP contribution < -0.4 is 16.4 Å². The van der Waals surface area contributed by atoms with Crippen molar-refractivity contribution in [3.63, 3.8) is 0 Å². The van der Waals surface area contributed by atoms with Crippen LogP contribution in [0.5, 0.6) is 0 Å². The van der Waals surface area contributed by atoms with E-state index < -0.39 is 54.3 Å². The van der Waals surface area contributed by atoms with Crippen molar-refractivity contribution in [2.45, 2.75) is 64.3 Å². The topological polar surface area (TPSA) is 179 Å². The fraction of sp³-hybridized carbons (Fsp3) is 0.562. The van der Waals surface area contributed by atoms with Gasteiger partial charge < -0.3 is 45.3 Å². The lowest BCUT2D eigenvalue weighted by molar-refractivity contribution is -0.182. The Hall–Kier alpha value is -3.62. The second-order valence-corrected chi connectivity index (χ2v) is 11.9. The number of aliphatic hydroxyl groups excluding tert-OH is 1. The van der Waals surface area contributed by atoms with Gasteiger partial charge in [0.2, 0.25) is 11.6 Å². The molecule has 2 unspecified atom stereocenters. The number of Topliss-reactive ketones (excluding diaryl/α,β-unsaturated/α-hetero) is 1. The van der Waals surface area contributed by atoms with E-state index in [-0.39, 0.29) is 46.4 Å². The Morgan fingerprint density at radius 3 is 2.53 bits per heavy atom. The van der Waals surface area contributed by atoms with Gasteiger partial charge in [-0.15, -0.1) is 0 Å². The number of hydrogen-bond acceptors (Lipinski definition) is 11. The number of rotatable bonds is 7. The number of ketones is 2. The molecule has 3 aliphatic heterocycles. The Labute approximate surface area is 264 Å². The summed E-state index contributed by atoms with van der Waals surface area (Å²) < 4.78 is 22.8. The number of methoxy groups -OCH3 is 2. The van der Waals surface area contributed by atoms with Crippen LogP contribution in [0.3, 0.4) is 0 Å². The standard InChI is InChI=1S/C32H46N4O9/c1-17-13-20-26(34-11-12-36(4)5)23(37)16-22(27(20)38)35-30(39)18(2)9-8-10-24(42-6)29(45-32(33)41)21-15-19(3)28(44-31(21)40)25(14-17)43-7/h8-10,15-17,19,24-25,28-29,31,34,40H,11-14H2,1-7H3,(H2,33,41)(H,35,39)/b10-8-,18-9+/t17-,19?,24+,25+,28+,29+,31?/m1/s1. The molecule has 4 aliphatic rings. The van der Waals surface area contributed by atoms with Crippen LogP contribution >= 0.6 is 0 Å². The molecule has 248 valence electrons. The van der Waals surface area contributed by atoms with Crippen molar-refractivity contribution in [1.29, 1.82) is 0 Å². The zero-order valence-electron chi connectivity index (χ0n) is 27.0. The number of likely N-dealkylation sites (N-methyl/N-ethyl adjacent to an activating group) is 1. The van der Waals surface area contributed by atoms with E-state index in [9.17, 15) is 24.3 Å². The lowest BCUT2D eigenvalue weighted by Crippen LogP contribution is -2.47. The van der Waals surface area contributed by atoms with Gasteiger partial charge in [-0.3, -0.25) is 14.4 Å². The molecule has 4 bridgehead atoms.